The Labute approximate surface area is 249 Å². The first-order valence-corrected chi connectivity index (χ1v) is 14.8. The normalized spacial score (nSPS) is 11.7. The highest BCUT2D eigenvalue weighted by Crippen LogP contribution is 2.46. The van der Waals surface area contributed by atoms with Gasteiger partial charge in [-0.1, -0.05) is 78.9 Å². The van der Waals surface area contributed by atoms with Gasteiger partial charge >= 0.3 is 0 Å². The second kappa shape index (κ2) is 8.81. The first-order chi connectivity index (χ1) is 21.2. The molecule has 0 bridgehead atoms. The molecule has 4 nitrogen and oxygen atoms in total. The van der Waals surface area contributed by atoms with E-state index >= 15 is 0 Å². The molecule has 9 rings (SSSR count). The lowest BCUT2D eigenvalue weighted by Crippen LogP contribution is -1.94. The molecule has 198 valence electrons. The summed E-state index contributed by atoms with van der Waals surface area (Å²) in [5.74, 6) is 0. The Morgan fingerprint density at radius 2 is 1.35 bits per heavy atom. The Morgan fingerprint density at radius 3 is 2.23 bits per heavy atom. The Morgan fingerprint density at radius 1 is 0.581 bits per heavy atom. The summed E-state index contributed by atoms with van der Waals surface area (Å²) in [7, 11) is 0. The number of fused-ring (bicyclic) bond motifs is 9. The van der Waals surface area contributed by atoms with Crippen molar-refractivity contribution in [3.05, 3.63) is 126 Å². The fraction of sp³-hybridized carbons (Fsp3) is 0. The summed E-state index contributed by atoms with van der Waals surface area (Å²) < 4.78 is 11.3. The highest BCUT2D eigenvalue weighted by atomic mass is 32.1. The van der Waals surface area contributed by atoms with E-state index in [0.717, 1.165) is 49.4 Å². The Hall–Kier alpha value is -5.88. The van der Waals surface area contributed by atoms with Crippen molar-refractivity contribution < 1.29 is 4.42 Å². The van der Waals surface area contributed by atoms with Crippen molar-refractivity contribution >= 4 is 75.3 Å². The van der Waals surface area contributed by atoms with E-state index in [1.807, 2.05) is 48.5 Å². The van der Waals surface area contributed by atoms with Crippen LogP contribution in [0.4, 0.5) is 0 Å². The van der Waals surface area contributed by atoms with Crippen LogP contribution in [0.3, 0.4) is 0 Å². The average Bonchev–Trinajstić information content (AvgIpc) is 3.74. The molecule has 0 N–H and O–H groups in total. The number of rotatable bonds is 2. The molecule has 6 aromatic carbocycles. The molecular weight excluding hydrogens is 547 g/mol. The maximum absolute atomic E-state index is 10.1. The maximum Gasteiger partial charge on any atom is 0.159 e. The van der Waals surface area contributed by atoms with E-state index in [2.05, 4.69) is 83.4 Å². The number of hydrogen-bond donors (Lipinski definition) is 0. The number of thiophene rings is 1. The van der Waals surface area contributed by atoms with Crippen LogP contribution in [0.2, 0.25) is 0 Å². The minimum absolute atomic E-state index is 0.499. The monoisotopic (exact) mass is 565 g/mol. The maximum atomic E-state index is 10.1. The van der Waals surface area contributed by atoms with Gasteiger partial charge in [0, 0.05) is 47.3 Å². The molecule has 3 heterocycles. The van der Waals surface area contributed by atoms with Crippen LogP contribution in [0.15, 0.2) is 120 Å². The first kappa shape index (κ1) is 23.8. The molecule has 5 heteroatoms. The van der Waals surface area contributed by atoms with E-state index < -0.39 is 0 Å². The lowest BCUT2D eigenvalue weighted by atomic mass is 9.96. The van der Waals surface area contributed by atoms with Gasteiger partial charge in [-0.2, -0.15) is 10.5 Å². The van der Waals surface area contributed by atoms with E-state index in [9.17, 15) is 10.5 Å². The number of benzene rings is 6. The van der Waals surface area contributed by atoms with Crippen LogP contribution in [0.1, 0.15) is 11.1 Å². The van der Waals surface area contributed by atoms with Gasteiger partial charge < -0.3 is 8.98 Å². The predicted octanol–water partition coefficient (Wildman–Crippen LogP) is 10.5. The van der Waals surface area contributed by atoms with Crippen LogP contribution in [0.25, 0.3) is 80.7 Å². The SMILES string of the molecule is N#Cc1ccc2c3ccccc3n(-c3cccc4c3oc3c(C#N)ccc(-c5cccc6c5sc5ccccc56)c34)c2c1. The largest absolute Gasteiger partial charge is 0.452 e. The molecule has 0 saturated heterocycles. The number of nitriles is 2. The average molecular weight is 566 g/mol. The van der Waals surface area contributed by atoms with Crippen molar-refractivity contribution in [1.82, 2.24) is 4.57 Å². The molecule has 0 saturated carbocycles. The number of nitrogens with zero attached hydrogens (tertiary/aromatic N) is 3. The van der Waals surface area contributed by atoms with Crippen LogP contribution in [0, 0.1) is 22.7 Å². The van der Waals surface area contributed by atoms with Gasteiger partial charge in [-0.15, -0.1) is 11.3 Å². The van der Waals surface area contributed by atoms with Gasteiger partial charge in [0.15, 0.2) is 11.2 Å². The Kier molecular flexibility index (Phi) is 4.87. The van der Waals surface area contributed by atoms with Gasteiger partial charge in [-0.05, 0) is 42.0 Å². The minimum Gasteiger partial charge on any atom is -0.452 e. The molecule has 3 aromatic heterocycles. The zero-order valence-electron chi connectivity index (χ0n) is 22.6. The highest BCUT2D eigenvalue weighted by Gasteiger charge is 2.22. The molecule has 0 fully saturated rings. The Bertz CT molecular complexity index is 2710. The number of hydrogen-bond acceptors (Lipinski definition) is 4. The molecule has 0 amide bonds. The van der Waals surface area contributed by atoms with Crippen molar-refractivity contribution in [2.45, 2.75) is 0 Å². The van der Waals surface area contributed by atoms with Crippen LogP contribution < -0.4 is 0 Å². The van der Waals surface area contributed by atoms with E-state index in [0.29, 0.717) is 22.3 Å². The second-order valence-corrected chi connectivity index (χ2v) is 11.8. The molecule has 0 aliphatic heterocycles. The quantitative estimate of drug-likeness (QED) is 0.209. The molecular formula is C38H19N3OS. The summed E-state index contributed by atoms with van der Waals surface area (Å²) >= 11 is 1.79. The smallest absolute Gasteiger partial charge is 0.159 e. The topological polar surface area (TPSA) is 65.7 Å². The fourth-order valence-electron chi connectivity index (χ4n) is 6.63. The first-order valence-electron chi connectivity index (χ1n) is 14.0. The highest BCUT2D eigenvalue weighted by molar-refractivity contribution is 7.26. The molecule has 9 aromatic rings. The summed E-state index contributed by atoms with van der Waals surface area (Å²) in [5.41, 5.74) is 7.37. The molecule has 0 aliphatic carbocycles. The van der Waals surface area contributed by atoms with Crippen LogP contribution in [0.5, 0.6) is 0 Å². The zero-order chi connectivity index (χ0) is 28.7. The molecule has 0 spiro atoms. The van der Waals surface area contributed by atoms with Crippen molar-refractivity contribution in [3.8, 4) is 29.0 Å². The fourth-order valence-corrected chi connectivity index (χ4v) is 7.86. The van der Waals surface area contributed by atoms with Crippen molar-refractivity contribution in [1.29, 1.82) is 10.5 Å². The van der Waals surface area contributed by atoms with Gasteiger partial charge in [-0.25, -0.2) is 0 Å². The number of para-hydroxylation sites is 2. The summed E-state index contributed by atoms with van der Waals surface area (Å²) in [5, 5.41) is 26.4. The molecule has 0 aliphatic rings. The van der Waals surface area contributed by atoms with Crippen LogP contribution in [-0.2, 0) is 0 Å². The van der Waals surface area contributed by atoms with Gasteiger partial charge in [0.2, 0.25) is 0 Å². The van der Waals surface area contributed by atoms with Gasteiger partial charge in [0.25, 0.3) is 0 Å². The summed E-state index contributed by atoms with van der Waals surface area (Å²) in [6.45, 7) is 0. The third-order valence-corrected chi connectivity index (χ3v) is 9.70. The molecule has 43 heavy (non-hydrogen) atoms. The molecule has 0 unspecified atom stereocenters. The third-order valence-electron chi connectivity index (χ3n) is 8.48. The summed E-state index contributed by atoms with van der Waals surface area (Å²) in [6.07, 6.45) is 0. The predicted molar refractivity (Wildman–Crippen MR) is 176 cm³/mol. The van der Waals surface area contributed by atoms with Crippen molar-refractivity contribution in [2.75, 3.05) is 0 Å². The van der Waals surface area contributed by atoms with E-state index in [4.69, 9.17) is 4.42 Å². The Balaban J connectivity index is 1.41. The molecule has 0 atom stereocenters. The summed E-state index contributed by atoms with van der Waals surface area (Å²) in [4.78, 5) is 0. The summed E-state index contributed by atoms with van der Waals surface area (Å²) in [6, 6.07) is 43.8. The van der Waals surface area contributed by atoms with Crippen LogP contribution in [-0.4, -0.2) is 4.57 Å². The third kappa shape index (κ3) is 3.23. The van der Waals surface area contributed by atoms with Gasteiger partial charge in [0.05, 0.1) is 33.9 Å². The van der Waals surface area contributed by atoms with E-state index in [-0.39, 0.29) is 0 Å². The zero-order valence-corrected chi connectivity index (χ0v) is 23.4. The lowest BCUT2D eigenvalue weighted by Gasteiger charge is -2.09. The van der Waals surface area contributed by atoms with Crippen LogP contribution >= 0.6 is 11.3 Å². The van der Waals surface area contributed by atoms with Gasteiger partial charge in [0.1, 0.15) is 6.07 Å². The second-order valence-electron chi connectivity index (χ2n) is 10.7. The van der Waals surface area contributed by atoms with Gasteiger partial charge in [-0.3, -0.25) is 0 Å². The lowest BCUT2D eigenvalue weighted by molar-refractivity contribution is 0.665. The number of aromatic nitrogens is 1. The standard InChI is InChI=1S/C38H19N3OS/c39-20-22-15-17-25-24-7-1-3-12-31(24)41(33(25)19-22)32-13-6-11-30-35-27(18-16-23(21-40)36(35)42-37(30)32)29-10-5-9-28-26-8-2-4-14-34(26)43-38(28)29/h1-19H. The van der Waals surface area contributed by atoms with Crippen molar-refractivity contribution in [3.63, 3.8) is 0 Å². The van der Waals surface area contributed by atoms with Crippen molar-refractivity contribution in [2.24, 2.45) is 0 Å². The molecule has 0 radical (unpaired) electrons. The van der Waals surface area contributed by atoms with E-state index in [1.54, 1.807) is 11.3 Å². The van der Waals surface area contributed by atoms with E-state index in [1.165, 1.54) is 20.2 Å². The number of furan rings is 1. The minimum atomic E-state index is 0.499.